The maximum Gasteiger partial charge on any atom is 0.352 e. The maximum atomic E-state index is 13.3. The Balaban J connectivity index is 1.76. The van der Waals surface area contributed by atoms with Gasteiger partial charge < -0.3 is 14.8 Å². The summed E-state index contributed by atoms with van der Waals surface area (Å²) in [5.41, 5.74) is 0.402. The van der Waals surface area contributed by atoms with E-state index in [4.69, 9.17) is 9.47 Å². The van der Waals surface area contributed by atoms with Crippen molar-refractivity contribution in [2.45, 2.75) is 32.4 Å². The van der Waals surface area contributed by atoms with Crippen LogP contribution in [-0.4, -0.2) is 46.6 Å². The van der Waals surface area contributed by atoms with E-state index >= 15 is 0 Å². The first-order valence-electron chi connectivity index (χ1n) is 10.8. The number of amides is 1. The van der Waals surface area contributed by atoms with Crippen LogP contribution in [0.4, 0.5) is 0 Å². The molecule has 1 fully saturated rings. The maximum absolute atomic E-state index is 13.3. The molecule has 1 amide bonds. The molecule has 1 N–H and O–H groups in total. The molecule has 9 heteroatoms. The summed E-state index contributed by atoms with van der Waals surface area (Å²) in [7, 11) is 1.54. The van der Waals surface area contributed by atoms with E-state index in [0.29, 0.717) is 23.6 Å². The zero-order valence-corrected chi connectivity index (χ0v) is 18.6. The molecule has 3 aromatic rings. The summed E-state index contributed by atoms with van der Waals surface area (Å²) in [4.78, 5) is 39.3. The Kier molecular flexibility index (Phi) is 6.69. The molecular weight excluding hydrogens is 424 g/mol. The predicted molar refractivity (Wildman–Crippen MR) is 122 cm³/mol. The largest absolute Gasteiger partial charge is 0.497 e. The van der Waals surface area contributed by atoms with Gasteiger partial charge in [0.15, 0.2) is 0 Å². The van der Waals surface area contributed by atoms with Crippen molar-refractivity contribution in [1.82, 2.24) is 19.7 Å². The third-order valence-electron chi connectivity index (χ3n) is 5.54. The standard InChI is InChI=1S/C24H26N4O5/c1-16-8-10-18(11-9-16)28-24(31)27(15-17-5-3-6-19(13-17)32-2)23(30)21(26-28)22(29)25-14-20-7-4-12-33-20/h3,5-6,8-11,13,20H,4,7,12,14-15H2,1-2H3,(H,25,29)/t20-/m1/s1. The summed E-state index contributed by atoms with van der Waals surface area (Å²) < 4.78 is 12.9. The molecule has 0 radical (unpaired) electrons. The molecule has 2 heterocycles. The number of nitrogens with zero attached hydrogens (tertiary/aromatic N) is 3. The normalized spacial score (nSPS) is 15.4. The van der Waals surface area contributed by atoms with E-state index in [1.807, 2.05) is 19.1 Å². The number of ether oxygens (including phenoxy) is 2. The number of hydrogen-bond acceptors (Lipinski definition) is 6. The second-order valence-corrected chi connectivity index (χ2v) is 7.97. The molecule has 0 bridgehead atoms. The van der Waals surface area contributed by atoms with Crippen LogP contribution in [0.1, 0.15) is 34.5 Å². The Bertz CT molecular complexity index is 1260. The first-order chi connectivity index (χ1) is 16.0. The van der Waals surface area contributed by atoms with Crippen molar-refractivity contribution in [3.63, 3.8) is 0 Å². The lowest BCUT2D eigenvalue weighted by Gasteiger charge is -2.14. The van der Waals surface area contributed by atoms with Gasteiger partial charge in [-0.05, 0) is 49.6 Å². The van der Waals surface area contributed by atoms with E-state index in [2.05, 4.69) is 10.4 Å². The molecule has 4 rings (SSSR count). The van der Waals surface area contributed by atoms with E-state index in [1.54, 1.807) is 43.5 Å². The highest BCUT2D eigenvalue weighted by Gasteiger charge is 2.22. The van der Waals surface area contributed by atoms with Crippen LogP contribution in [0.25, 0.3) is 5.69 Å². The number of carbonyl (C=O) groups excluding carboxylic acids is 1. The topological polar surface area (TPSA) is 104 Å². The van der Waals surface area contributed by atoms with Crippen molar-refractivity contribution in [1.29, 1.82) is 0 Å². The Hall–Kier alpha value is -3.72. The molecular formula is C24H26N4O5. The molecule has 0 unspecified atom stereocenters. The van der Waals surface area contributed by atoms with Gasteiger partial charge in [-0.1, -0.05) is 29.8 Å². The van der Waals surface area contributed by atoms with E-state index < -0.39 is 17.2 Å². The first kappa shape index (κ1) is 22.5. The molecule has 1 aliphatic heterocycles. The van der Waals surface area contributed by atoms with Gasteiger partial charge in [-0.2, -0.15) is 9.78 Å². The molecule has 0 aliphatic carbocycles. The van der Waals surface area contributed by atoms with E-state index in [1.165, 1.54) is 0 Å². The second kappa shape index (κ2) is 9.83. The molecule has 1 aromatic heterocycles. The van der Waals surface area contributed by atoms with Crippen LogP contribution < -0.4 is 21.3 Å². The van der Waals surface area contributed by atoms with Crippen molar-refractivity contribution >= 4 is 5.91 Å². The molecule has 1 atom stereocenters. The highest BCUT2D eigenvalue weighted by Crippen LogP contribution is 2.13. The van der Waals surface area contributed by atoms with Gasteiger partial charge in [-0.15, -0.1) is 0 Å². The summed E-state index contributed by atoms with van der Waals surface area (Å²) in [6.07, 6.45) is 1.69. The van der Waals surface area contributed by atoms with Crippen LogP contribution in [0.5, 0.6) is 5.75 Å². The van der Waals surface area contributed by atoms with Gasteiger partial charge in [0.25, 0.3) is 11.5 Å². The van der Waals surface area contributed by atoms with Crippen LogP contribution in [0.3, 0.4) is 0 Å². The lowest BCUT2D eigenvalue weighted by Crippen LogP contribution is -2.46. The van der Waals surface area contributed by atoms with Crippen molar-refractivity contribution in [2.24, 2.45) is 0 Å². The zero-order valence-electron chi connectivity index (χ0n) is 18.6. The number of aromatic nitrogens is 3. The Labute approximate surface area is 190 Å². The quantitative estimate of drug-likeness (QED) is 0.587. The van der Waals surface area contributed by atoms with Crippen molar-refractivity contribution in [3.05, 3.63) is 86.2 Å². The Morgan fingerprint density at radius 1 is 1.21 bits per heavy atom. The second-order valence-electron chi connectivity index (χ2n) is 7.97. The summed E-state index contributed by atoms with van der Waals surface area (Å²) in [6.45, 7) is 2.83. The number of nitrogens with one attached hydrogen (secondary N) is 1. The van der Waals surface area contributed by atoms with E-state index in [-0.39, 0.29) is 24.9 Å². The summed E-state index contributed by atoms with van der Waals surface area (Å²) in [5.74, 6) is -0.0428. The van der Waals surface area contributed by atoms with Crippen molar-refractivity contribution in [3.8, 4) is 11.4 Å². The Morgan fingerprint density at radius 3 is 2.70 bits per heavy atom. The van der Waals surface area contributed by atoms with Crippen LogP contribution in [0, 0.1) is 6.92 Å². The van der Waals surface area contributed by atoms with Gasteiger partial charge >= 0.3 is 5.69 Å². The number of carbonyl (C=O) groups is 1. The molecule has 1 saturated heterocycles. The predicted octanol–water partition coefficient (Wildman–Crippen LogP) is 1.67. The zero-order chi connectivity index (χ0) is 23.4. The summed E-state index contributed by atoms with van der Waals surface area (Å²) in [6, 6.07) is 14.2. The molecule has 33 heavy (non-hydrogen) atoms. The van der Waals surface area contributed by atoms with Gasteiger partial charge in [0.2, 0.25) is 5.69 Å². The van der Waals surface area contributed by atoms with Gasteiger partial charge in [-0.25, -0.2) is 4.79 Å². The van der Waals surface area contributed by atoms with Gasteiger partial charge in [0.1, 0.15) is 5.75 Å². The number of methoxy groups -OCH3 is 1. The highest BCUT2D eigenvalue weighted by molar-refractivity contribution is 5.91. The minimum absolute atomic E-state index is 0.0325. The van der Waals surface area contributed by atoms with E-state index in [0.717, 1.165) is 27.7 Å². The number of hydrogen-bond donors (Lipinski definition) is 1. The summed E-state index contributed by atoms with van der Waals surface area (Å²) in [5, 5.41) is 6.87. The molecule has 1 aliphatic rings. The minimum atomic E-state index is -0.754. The van der Waals surface area contributed by atoms with Crippen LogP contribution in [0.15, 0.2) is 58.1 Å². The first-order valence-corrected chi connectivity index (χ1v) is 10.8. The number of rotatable bonds is 7. The number of aryl methyl sites for hydroxylation is 1. The van der Waals surface area contributed by atoms with Gasteiger partial charge in [0, 0.05) is 13.2 Å². The monoisotopic (exact) mass is 450 g/mol. The average Bonchev–Trinajstić information content (AvgIpc) is 3.35. The molecule has 172 valence electrons. The molecule has 0 saturated carbocycles. The third-order valence-corrected chi connectivity index (χ3v) is 5.54. The van der Waals surface area contributed by atoms with Crippen molar-refractivity contribution in [2.75, 3.05) is 20.3 Å². The SMILES string of the molecule is COc1cccc(Cn2c(=O)c(C(=O)NC[C@H]3CCCO3)nn(-c3ccc(C)cc3)c2=O)c1. The highest BCUT2D eigenvalue weighted by atomic mass is 16.5. The fraction of sp³-hybridized carbons (Fsp3) is 0.333. The third kappa shape index (κ3) is 5.04. The fourth-order valence-electron chi connectivity index (χ4n) is 3.70. The minimum Gasteiger partial charge on any atom is -0.497 e. The summed E-state index contributed by atoms with van der Waals surface area (Å²) >= 11 is 0. The van der Waals surface area contributed by atoms with E-state index in [9.17, 15) is 14.4 Å². The molecule has 0 spiro atoms. The lowest BCUT2D eigenvalue weighted by atomic mass is 10.2. The van der Waals surface area contributed by atoms with Crippen LogP contribution >= 0.6 is 0 Å². The number of benzene rings is 2. The van der Waals surface area contributed by atoms with Crippen LogP contribution in [0.2, 0.25) is 0 Å². The lowest BCUT2D eigenvalue weighted by molar-refractivity contribution is 0.0849. The van der Waals surface area contributed by atoms with Crippen molar-refractivity contribution < 1.29 is 14.3 Å². The Morgan fingerprint density at radius 2 is 2.00 bits per heavy atom. The smallest absolute Gasteiger partial charge is 0.352 e. The molecule has 9 nitrogen and oxygen atoms in total. The average molecular weight is 450 g/mol. The van der Waals surface area contributed by atoms with Crippen LogP contribution in [-0.2, 0) is 11.3 Å². The van der Waals surface area contributed by atoms with Gasteiger partial charge in [-0.3, -0.25) is 14.2 Å². The molecule has 2 aromatic carbocycles. The van der Waals surface area contributed by atoms with Gasteiger partial charge in [0.05, 0.1) is 25.4 Å². The fourth-order valence-corrected chi connectivity index (χ4v) is 3.70.